The maximum absolute atomic E-state index is 11.2. The second-order valence-electron chi connectivity index (χ2n) is 4.38. The van der Waals surface area contributed by atoms with Gasteiger partial charge in [-0.1, -0.05) is 18.2 Å². The van der Waals surface area contributed by atoms with Gasteiger partial charge in [0.05, 0.1) is 7.11 Å². The van der Waals surface area contributed by atoms with Crippen LogP contribution in [0.4, 0.5) is 0 Å². The van der Waals surface area contributed by atoms with E-state index in [9.17, 15) is 9.90 Å². The van der Waals surface area contributed by atoms with Crippen molar-refractivity contribution in [2.45, 2.75) is 26.0 Å². The van der Waals surface area contributed by atoms with Gasteiger partial charge in [0.1, 0.15) is 24.5 Å². The van der Waals surface area contributed by atoms with Gasteiger partial charge < -0.3 is 19.9 Å². The van der Waals surface area contributed by atoms with Crippen LogP contribution in [-0.2, 0) is 9.53 Å². The van der Waals surface area contributed by atoms with Crippen molar-refractivity contribution in [1.82, 2.24) is 5.32 Å². The van der Waals surface area contributed by atoms with E-state index in [-0.39, 0.29) is 19.1 Å². The summed E-state index contributed by atoms with van der Waals surface area (Å²) < 4.78 is 10.1. The number of aliphatic hydroxyl groups excluding tert-OH is 1. The maximum atomic E-state index is 11.2. The van der Waals surface area contributed by atoms with Crippen LogP contribution in [0.2, 0.25) is 0 Å². The average Bonchev–Trinajstić information content (AvgIpc) is 2.42. The van der Waals surface area contributed by atoms with Crippen molar-refractivity contribution in [1.29, 1.82) is 0 Å². The third-order valence-electron chi connectivity index (χ3n) is 2.74. The molecule has 0 bridgehead atoms. The zero-order valence-corrected chi connectivity index (χ0v) is 11.6. The zero-order valence-electron chi connectivity index (χ0n) is 11.6. The molecule has 2 unspecified atom stereocenters. The monoisotopic (exact) mass is 267 g/mol. The molecule has 2 atom stereocenters. The molecule has 19 heavy (non-hydrogen) atoms. The fourth-order valence-corrected chi connectivity index (χ4v) is 1.54. The van der Waals surface area contributed by atoms with Crippen molar-refractivity contribution in [2.24, 2.45) is 0 Å². The van der Waals surface area contributed by atoms with Crippen LogP contribution in [0.3, 0.4) is 0 Å². The number of esters is 1. The average molecular weight is 267 g/mol. The van der Waals surface area contributed by atoms with Crippen LogP contribution in [0.15, 0.2) is 24.3 Å². The molecule has 0 aliphatic heterocycles. The topological polar surface area (TPSA) is 67.8 Å². The normalized spacial score (nSPS) is 13.7. The maximum Gasteiger partial charge on any atom is 0.322 e. The van der Waals surface area contributed by atoms with Crippen LogP contribution in [-0.4, -0.2) is 43.5 Å². The number of rotatable bonds is 7. The van der Waals surface area contributed by atoms with Gasteiger partial charge in [0, 0.05) is 6.54 Å². The van der Waals surface area contributed by atoms with E-state index >= 15 is 0 Å². The fourth-order valence-electron chi connectivity index (χ4n) is 1.54. The molecule has 0 fully saturated rings. The van der Waals surface area contributed by atoms with Crippen LogP contribution in [0.25, 0.3) is 0 Å². The van der Waals surface area contributed by atoms with Crippen LogP contribution in [0.1, 0.15) is 12.5 Å². The molecule has 5 nitrogen and oxygen atoms in total. The fraction of sp³-hybridized carbons (Fsp3) is 0.500. The van der Waals surface area contributed by atoms with Gasteiger partial charge >= 0.3 is 5.97 Å². The first-order chi connectivity index (χ1) is 9.04. The van der Waals surface area contributed by atoms with Gasteiger partial charge in [0.25, 0.3) is 0 Å². The molecular formula is C14H21NO4. The molecule has 2 N–H and O–H groups in total. The quantitative estimate of drug-likeness (QED) is 0.718. The Kier molecular flexibility index (Phi) is 6.32. The van der Waals surface area contributed by atoms with Gasteiger partial charge in [-0.3, -0.25) is 4.79 Å². The van der Waals surface area contributed by atoms with E-state index < -0.39 is 12.1 Å². The number of carbonyl (C=O) groups excluding carboxylic acids is 1. The summed E-state index contributed by atoms with van der Waals surface area (Å²) in [5.41, 5.74) is 1.02. The van der Waals surface area contributed by atoms with Gasteiger partial charge in [0.2, 0.25) is 0 Å². The molecule has 1 aromatic rings. The Morgan fingerprint density at radius 1 is 1.42 bits per heavy atom. The summed E-state index contributed by atoms with van der Waals surface area (Å²) in [7, 11) is 1.33. The number of benzene rings is 1. The van der Waals surface area contributed by atoms with Gasteiger partial charge in [-0.05, 0) is 25.5 Å². The molecule has 1 aromatic carbocycles. The van der Waals surface area contributed by atoms with E-state index in [1.807, 2.05) is 31.2 Å². The van der Waals surface area contributed by atoms with E-state index in [1.165, 1.54) is 7.11 Å². The number of hydrogen-bond acceptors (Lipinski definition) is 5. The summed E-state index contributed by atoms with van der Waals surface area (Å²) in [5, 5.41) is 12.6. The van der Waals surface area contributed by atoms with Crippen molar-refractivity contribution >= 4 is 5.97 Å². The van der Waals surface area contributed by atoms with E-state index in [0.29, 0.717) is 0 Å². The highest BCUT2D eigenvalue weighted by Gasteiger charge is 2.14. The van der Waals surface area contributed by atoms with E-state index in [1.54, 1.807) is 6.92 Å². The number of para-hydroxylation sites is 1. The molecule has 0 heterocycles. The summed E-state index contributed by atoms with van der Waals surface area (Å²) in [6.45, 7) is 4.06. The number of ether oxygens (including phenoxy) is 2. The molecule has 106 valence electrons. The number of carbonyl (C=O) groups is 1. The number of aliphatic hydroxyl groups is 1. The Hall–Kier alpha value is -1.59. The van der Waals surface area contributed by atoms with Gasteiger partial charge in [-0.15, -0.1) is 0 Å². The molecule has 0 saturated carbocycles. The Bertz CT molecular complexity index is 408. The highest BCUT2D eigenvalue weighted by Crippen LogP contribution is 2.16. The first-order valence-electron chi connectivity index (χ1n) is 6.22. The first kappa shape index (κ1) is 15.5. The van der Waals surface area contributed by atoms with Gasteiger partial charge in [-0.25, -0.2) is 0 Å². The Morgan fingerprint density at radius 2 is 2.11 bits per heavy atom. The minimum absolute atomic E-state index is 0.172. The van der Waals surface area contributed by atoms with Crippen LogP contribution < -0.4 is 10.1 Å². The van der Waals surface area contributed by atoms with Crippen molar-refractivity contribution in [2.75, 3.05) is 20.3 Å². The minimum atomic E-state index is -0.688. The van der Waals surface area contributed by atoms with Gasteiger partial charge in [-0.2, -0.15) is 0 Å². The third-order valence-corrected chi connectivity index (χ3v) is 2.74. The van der Waals surface area contributed by atoms with E-state index in [4.69, 9.17) is 4.74 Å². The van der Waals surface area contributed by atoms with Crippen molar-refractivity contribution in [3.63, 3.8) is 0 Å². The predicted octanol–water partition coefficient (Wildman–Crippen LogP) is 0.886. The van der Waals surface area contributed by atoms with Crippen molar-refractivity contribution in [3.05, 3.63) is 29.8 Å². The third kappa shape index (κ3) is 5.28. The lowest BCUT2D eigenvalue weighted by atomic mass is 10.2. The molecule has 0 radical (unpaired) electrons. The number of aryl methyl sites for hydroxylation is 1. The van der Waals surface area contributed by atoms with Crippen LogP contribution in [0, 0.1) is 6.92 Å². The smallest absolute Gasteiger partial charge is 0.322 e. The number of methoxy groups -OCH3 is 1. The Morgan fingerprint density at radius 3 is 2.74 bits per heavy atom. The van der Waals surface area contributed by atoms with Gasteiger partial charge in [0.15, 0.2) is 0 Å². The summed E-state index contributed by atoms with van der Waals surface area (Å²) in [6, 6.07) is 7.16. The zero-order chi connectivity index (χ0) is 14.3. The highest BCUT2D eigenvalue weighted by molar-refractivity contribution is 5.75. The lowest BCUT2D eigenvalue weighted by molar-refractivity contribution is -0.142. The molecule has 0 aliphatic rings. The number of hydrogen-bond donors (Lipinski definition) is 2. The SMILES string of the molecule is COC(=O)C(C)NCC(O)COc1ccccc1C. The molecule has 0 aliphatic carbocycles. The van der Waals surface area contributed by atoms with Crippen molar-refractivity contribution in [3.8, 4) is 5.75 Å². The minimum Gasteiger partial charge on any atom is -0.491 e. The second-order valence-corrected chi connectivity index (χ2v) is 4.38. The predicted molar refractivity (Wildman–Crippen MR) is 72.2 cm³/mol. The standard InChI is InChI=1S/C14H21NO4/c1-10-6-4-5-7-13(10)19-9-12(16)8-15-11(2)14(17)18-3/h4-7,11-12,15-16H,8-9H2,1-3H3. The highest BCUT2D eigenvalue weighted by atomic mass is 16.5. The Balaban J connectivity index is 2.30. The van der Waals surface area contributed by atoms with E-state index in [0.717, 1.165) is 11.3 Å². The summed E-state index contributed by atoms with van der Waals surface area (Å²) in [4.78, 5) is 11.2. The molecule has 0 spiro atoms. The first-order valence-corrected chi connectivity index (χ1v) is 6.22. The molecule has 5 heteroatoms. The second kappa shape index (κ2) is 7.76. The van der Waals surface area contributed by atoms with E-state index in [2.05, 4.69) is 10.1 Å². The lowest BCUT2D eigenvalue weighted by Gasteiger charge is -2.16. The summed E-state index contributed by atoms with van der Waals surface area (Å²) in [5.74, 6) is 0.398. The van der Waals surface area contributed by atoms with Crippen LogP contribution >= 0.6 is 0 Å². The molecule has 1 rings (SSSR count). The molecule has 0 amide bonds. The molecule has 0 aromatic heterocycles. The Labute approximate surface area is 113 Å². The molecule has 0 saturated heterocycles. The van der Waals surface area contributed by atoms with Crippen LogP contribution in [0.5, 0.6) is 5.75 Å². The number of nitrogens with one attached hydrogen (secondary N) is 1. The summed E-state index contributed by atoms with van der Waals surface area (Å²) >= 11 is 0. The largest absolute Gasteiger partial charge is 0.491 e. The lowest BCUT2D eigenvalue weighted by Crippen LogP contribution is -2.41. The summed E-state index contributed by atoms with van der Waals surface area (Å²) in [6.07, 6.45) is -0.688. The van der Waals surface area contributed by atoms with Crippen molar-refractivity contribution < 1.29 is 19.4 Å². The molecular weight excluding hydrogens is 246 g/mol.